The van der Waals surface area contributed by atoms with Gasteiger partial charge < -0.3 is 14.2 Å². The van der Waals surface area contributed by atoms with Gasteiger partial charge in [0.25, 0.3) is 5.89 Å². The number of methoxy groups -OCH3 is 1. The Morgan fingerprint density at radius 2 is 2.44 bits per heavy atom. The third kappa shape index (κ3) is 1.89. The normalized spacial score (nSPS) is 16.4. The molecule has 1 atom stereocenters. The second-order valence-corrected chi connectivity index (χ2v) is 4.37. The van der Waals surface area contributed by atoms with Gasteiger partial charge in [0.2, 0.25) is 5.82 Å². The molecule has 6 heteroatoms. The maximum Gasteiger partial charge on any atom is 0.259 e. The van der Waals surface area contributed by atoms with E-state index in [1.807, 2.05) is 6.07 Å². The molecule has 1 saturated carbocycles. The standard InChI is InChI=1S/C12H12N4O2/c1-17-10(7-2-3-7)11-15-12(18-16-11)8-4-9(5-13)14-6-8/h4,6-7,10,14H,2-3H2,1H3. The SMILES string of the molecule is COC(c1noc(-c2c[nH]c(C#N)c2)n1)C1CC1. The lowest BCUT2D eigenvalue weighted by Crippen LogP contribution is -2.05. The van der Waals surface area contributed by atoms with Crippen LogP contribution in [0.25, 0.3) is 11.5 Å². The van der Waals surface area contributed by atoms with Crippen LogP contribution >= 0.6 is 0 Å². The van der Waals surface area contributed by atoms with Crippen molar-refractivity contribution in [3.8, 4) is 17.5 Å². The number of rotatable bonds is 4. The third-order valence-corrected chi connectivity index (χ3v) is 3.05. The molecule has 0 spiro atoms. The van der Waals surface area contributed by atoms with E-state index in [2.05, 4.69) is 15.1 Å². The van der Waals surface area contributed by atoms with Gasteiger partial charge in [0.05, 0.1) is 5.56 Å². The van der Waals surface area contributed by atoms with E-state index >= 15 is 0 Å². The van der Waals surface area contributed by atoms with Crippen molar-refractivity contribution >= 4 is 0 Å². The lowest BCUT2D eigenvalue weighted by atomic mass is 10.2. The number of hydrogen-bond acceptors (Lipinski definition) is 5. The largest absolute Gasteiger partial charge is 0.373 e. The molecule has 0 aromatic carbocycles. The van der Waals surface area contributed by atoms with Gasteiger partial charge >= 0.3 is 0 Å². The van der Waals surface area contributed by atoms with Gasteiger partial charge in [-0.3, -0.25) is 0 Å². The van der Waals surface area contributed by atoms with E-state index in [4.69, 9.17) is 14.5 Å². The summed E-state index contributed by atoms with van der Waals surface area (Å²) in [6.45, 7) is 0. The Morgan fingerprint density at radius 3 is 3.06 bits per heavy atom. The minimum Gasteiger partial charge on any atom is -0.373 e. The zero-order valence-electron chi connectivity index (χ0n) is 9.88. The summed E-state index contributed by atoms with van der Waals surface area (Å²) in [6.07, 6.45) is 3.88. The van der Waals surface area contributed by atoms with Crippen LogP contribution in [0.3, 0.4) is 0 Å². The van der Waals surface area contributed by atoms with Gasteiger partial charge in [0.1, 0.15) is 17.9 Å². The highest BCUT2D eigenvalue weighted by Crippen LogP contribution is 2.42. The van der Waals surface area contributed by atoms with Gasteiger partial charge in [0, 0.05) is 13.3 Å². The molecule has 1 fully saturated rings. The van der Waals surface area contributed by atoms with Gasteiger partial charge in [-0.2, -0.15) is 10.2 Å². The van der Waals surface area contributed by atoms with Gasteiger partial charge in [-0.1, -0.05) is 5.16 Å². The van der Waals surface area contributed by atoms with Crippen LogP contribution in [0.15, 0.2) is 16.8 Å². The van der Waals surface area contributed by atoms with E-state index in [-0.39, 0.29) is 6.10 Å². The van der Waals surface area contributed by atoms with Crippen molar-refractivity contribution in [2.24, 2.45) is 5.92 Å². The number of aromatic nitrogens is 3. The minimum absolute atomic E-state index is 0.0862. The molecule has 6 nitrogen and oxygen atoms in total. The molecule has 1 unspecified atom stereocenters. The molecule has 0 saturated heterocycles. The van der Waals surface area contributed by atoms with E-state index in [0.717, 1.165) is 18.4 Å². The zero-order chi connectivity index (χ0) is 12.5. The number of H-pyrrole nitrogens is 1. The molecule has 1 N–H and O–H groups in total. The van der Waals surface area contributed by atoms with Crippen LogP contribution in [0.2, 0.25) is 0 Å². The first kappa shape index (κ1) is 11.0. The molecule has 3 rings (SSSR count). The molecule has 2 heterocycles. The predicted molar refractivity (Wildman–Crippen MR) is 61.3 cm³/mol. The van der Waals surface area contributed by atoms with E-state index in [0.29, 0.717) is 23.3 Å². The first-order chi connectivity index (χ1) is 8.81. The van der Waals surface area contributed by atoms with Crippen molar-refractivity contribution in [2.45, 2.75) is 18.9 Å². The van der Waals surface area contributed by atoms with Crippen molar-refractivity contribution < 1.29 is 9.26 Å². The third-order valence-electron chi connectivity index (χ3n) is 3.05. The van der Waals surface area contributed by atoms with E-state index in [1.165, 1.54) is 0 Å². The van der Waals surface area contributed by atoms with Crippen LogP contribution in [0.1, 0.15) is 30.5 Å². The lowest BCUT2D eigenvalue weighted by Gasteiger charge is -2.07. The minimum atomic E-state index is -0.0862. The highest BCUT2D eigenvalue weighted by molar-refractivity contribution is 5.54. The molecule has 1 aliphatic carbocycles. The molecular weight excluding hydrogens is 232 g/mol. The molecule has 0 bridgehead atoms. The molecule has 0 amide bonds. The lowest BCUT2D eigenvalue weighted by molar-refractivity contribution is 0.0751. The van der Waals surface area contributed by atoms with Crippen LogP contribution in [0, 0.1) is 17.2 Å². The first-order valence-corrected chi connectivity index (χ1v) is 5.77. The summed E-state index contributed by atoms with van der Waals surface area (Å²) < 4.78 is 10.6. The quantitative estimate of drug-likeness (QED) is 0.889. The van der Waals surface area contributed by atoms with Gasteiger partial charge in [0.15, 0.2) is 0 Å². The molecule has 18 heavy (non-hydrogen) atoms. The summed E-state index contributed by atoms with van der Waals surface area (Å²) in [6, 6.07) is 3.69. The Bertz CT molecular complexity index is 591. The topological polar surface area (TPSA) is 87.7 Å². The first-order valence-electron chi connectivity index (χ1n) is 5.77. The second kappa shape index (κ2) is 4.27. The Hall–Kier alpha value is -2.13. The van der Waals surface area contributed by atoms with E-state index < -0.39 is 0 Å². The Balaban J connectivity index is 1.86. The van der Waals surface area contributed by atoms with Crippen molar-refractivity contribution in [3.63, 3.8) is 0 Å². The van der Waals surface area contributed by atoms with E-state index in [9.17, 15) is 0 Å². The van der Waals surface area contributed by atoms with Crippen LogP contribution in [0.5, 0.6) is 0 Å². The number of aromatic amines is 1. The van der Waals surface area contributed by atoms with Crippen LogP contribution in [0.4, 0.5) is 0 Å². The maximum atomic E-state index is 8.74. The summed E-state index contributed by atoms with van der Waals surface area (Å²) in [7, 11) is 1.66. The fourth-order valence-electron chi connectivity index (χ4n) is 1.96. The highest BCUT2D eigenvalue weighted by Gasteiger charge is 2.35. The number of nitrogens with zero attached hydrogens (tertiary/aromatic N) is 3. The Kier molecular flexibility index (Phi) is 2.61. The van der Waals surface area contributed by atoms with E-state index in [1.54, 1.807) is 19.4 Å². The average Bonchev–Trinajstić information content (AvgIpc) is 2.94. The predicted octanol–water partition coefficient (Wildman–Crippen LogP) is 2.03. The fraction of sp³-hybridized carbons (Fsp3) is 0.417. The van der Waals surface area contributed by atoms with Crippen molar-refractivity contribution in [1.29, 1.82) is 5.26 Å². The van der Waals surface area contributed by atoms with Gasteiger partial charge in [-0.15, -0.1) is 0 Å². The highest BCUT2D eigenvalue weighted by atomic mass is 16.5. The number of nitriles is 1. The summed E-state index contributed by atoms with van der Waals surface area (Å²) in [5.74, 6) is 1.49. The summed E-state index contributed by atoms with van der Waals surface area (Å²) in [5.41, 5.74) is 1.19. The second-order valence-electron chi connectivity index (χ2n) is 4.37. The van der Waals surface area contributed by atoms with Gasteiger partial charge in [-0.05, 0) is 24.8 Å². The molecule has 2 aromatic heterocycles. The average molecular weight is 244 g/mol. The van der Waals surface area contributed by atoms with Crippen LogP contribution < -0.4 is 0 Å². The number of ether oxygens (including phenoxy) is 1. The molecule has 0 aliphatic heterocycles. The van der Waals surface area contributed by atoms with Crippen molar-refractivity contribution in [1.82, 2.24) is 15.1 Å². The van der Waals surface area contributed by atoms with Crippen molar-refractivity contribution in [3.05, 3.63) is 23.8 Å². The van der Waals surface area contributed by atoms with Crippen LogP contribution in [-0.2, 0) is 4.74 Å². The molecule has 2 aromatic rings. The zero-order valence-corrected chi connectivity index (χ0v) is 9.88. The Labute approximate surface area is 104 Å². The summed E-state index contributed by atoms with van der Waals surface area (Å²) in [4.78, 5) is 7.15. The summed E-state index contributed by atoms with van der Waals surface area (Å²) >= 11 is 0. The number of nitrogens with one attached hydrogen (secondary N) is 1. The number of hydrogen-bond donors (Lipinski definition) is 1. The van der Waals surface area contributed by atoms with Crippen LogP contribution in [-0.4, -0.2) is 22.2 Å². The molecular formula is C12H12N4O2. The van der Waals surface area contributed by atoms with Crippen molar-refractivity contribution in [2.75, 3.05) is 7.11 Å². The Morgan fingerprint density at radius 1 is 1.61 bits per heavy atom. The fourth-order valence-corrected chi connectivity index (χ4v) is 1.96. The van der Waals surface area contributed by atoms with Gasteiger partial charge in [-0.25, -0.2) is 0 Å². The maximum absolute atomic E-state index is 8.74. The summed E-state index contributed by atoms with van der Waals surface area (Å²) in [5, 5.41) is 12.7. The smallest absolute Gasteiger partial charge is 0.259 e. The molecule has 92 valence electrons. The molecule has 1 aliphatic rings. The molecule has 0 radical (unpaired) electrons. The monoisotopic (exact) mass is 244 g/mol.